The monoisotopic (exact) mass is 310 g/mol. The van der Waals surface area contributed by atoms with Crippen molar-refractivity contribution in [1.29, 1.82) is 0 Å². The van der Waals surface area contributed by atoms with Gasteiger partial charge in [-0.25, -0.2) is 9.97 Å². The summed E-state index contributed by atoms with van der Waals surface area (Å²) >= 11 is 7.70. The lowest BCUT2D eigenvalue weighted by molar-refractivity contribution is 0.190. The molecule has 2 unspecified atom stereocenters. The zero-order chi connectivity index (χ0) is 14.3. The summed E-state index contributed by atoms with van der Waals surface area (Å²) in [6, 6.07) is 3.19. The number of aryl methyl sites for hydroxylation is 1. The summed E-state index contributed by atoms with van der Waals surface area (Å²) < 4.78 is 0. The predicted molar refractivity (Wildman–Crippen MR) is 85.9 cm³/mol. The number of hydrogen-bond acceptors (Lipinski definition) is 5. The molecule has 1 saturated heterocycles. The van der Waals surface area contributed by atoms with Gasteiger partial charge in [-0.15, -0.1) is 11.3 Å². The number of hydrogen-bond donors (Lipinski definition) is 1. The van der Waals surface area contributed by atoms with Crippen LogP contribution in [0.5, 0.6) is 0 Å². The van der Waals surface area contributed by atoms with Crippen LogP contribution in [-0.2, 0) is 0 Å². The minimum atomic E-state index is 0.322. The smallest absolute Gasteiger partial charge is 0.225 e. The Bertz CT molecular complexity index is 627. The van der Waals surface area contributed by atoms with Gasteiger partial charge in [0.1, 0.15) is 10.6 Å². The van der Waals surface area contributed by atoms with E-state index in [0.29, 0.717) is 17.4 Å². The normalized spacial score (nSPS) is 24.2. The fourth-order valence-electron chi connectivity index (χ4n) is 2.74. The Balaban J connectivity index is 1.87. The van der Waals surface area contributed by atoms with Crippen LogP contribution in [-0.4, -0.2) is 40.5 Å². The van der Waals surface area contributed by atoms with Gasteiger partial charge in [0, 0.05) is 23.5 Å². The van der Waals surface area contributed by atoms with Gasteiger partial charge in [0.2, 0.25) is 5.28 Å². The highest BCUT2D eigenvalue weighted by Gasteiger charge is 2.23. The zero-order valence-corrected chi connectivity index (χ0v) is 13.6. The molecule has 1 N–H and O–H groups in total. The van der Waals surface area contributed by atoms with Crippen LogP contribution in [0.1, 0.15) is 24.6 Å². The van der Waals surface area contributed by atoms with Gasteiger partial charge in [0.05, 0.1) is 5.39 Å². The Morgan fingerprint density at radius 2 is 2.25 bits per heavy atom. The van der Waals surface area contributed by atoms with E-state index in [-0.39, 0.29) is 0 Å². The summed E-state index contributed by atoms with van der Waals surface area (Å²) in [6.07, 6.45) is 2.26. The molecule has 2 atom stereocenters. The van der Waals surface area contributed by atoms with Gasteiger partial charge >= 0.3 is 0 Å². The third-order valence-corrected chi connectivity index (χ3v) is 5.15. The molecule has 3 rings (SSSR count). The van der Waals surface area contributed by atoms with Gasteiger partial charge in [-0.3, -0.25) is 0 Å². The van der Waals surface area contributed by atoms with Gasteiger partial charge in [0.15, 0.2) is 0 Å². The molecule has 6 heteroatoms. The molecule has 20 heavy (non-hydrogen) atoms. The summed E-state index contributed by atoms with van der Waals surface area (Å²) in [5, 5.41) is 4.98. The number of nitrogens with one attached hydrogen (secondary N) is 1. The van der Waals surface area contributed by atoms with Gasteiger partial charge in [-0.05, 0) is 51.4 Å². The summed E-state index contributed by atoms with van der Waals surface area (Å²) in [7, 11) is 2.18. The summed E-state index contributed by atoms with van der Waals surface area (Å²) in [6.45, 7) is 5.47. The number of aromatic nitrogens is 2. The molecule has 1 fully saturated rings. The highest BCUT2D eigenvalue weighted by atomic mass is 35.5. The van der Waals surface area contributed by atoms with E-state index in [1.807, 2.05) is 0 Å². The third-order valence-electron chi connectivity index (χ3n) is 4.04. The molecule has 0 spiro atoms. The minimum Gasteiger partial charge on any atom is -0.367 e. The summed E-state index contributed by atoms with van der Waals surface area (Å²) in [4.78, 5) is 13.3. The molecule has 0 saturated carbocycles. The van der Waals surface area contributed by atoms with Gasteiger partial charge in [0.25, 0.3) is 0 Å². The first-order valence-electron chi connectivity index (χ1n) is 6.93. The SMILES string of the molecule is Cc1cc2c(NC3CCN(C)C(C)C3)nc(Cl)nc2s1. The van der Waals surface area contributed by atoms with Crippen LogP contribution in [0, 0.1) is 6.92 Å². The first-order valence-corrected chi connectivity index (χ1v) is 8.13. The highest BCUT2D eigenvalue weighted by Crippen LogP contribution is 2.31. The van der Waals surface area contributed by atoms with Crippen molar-refractivity contribution < 1.29 is 0 Å². The van der Waals surface area contributed by atoms with Crippen LogP contribution in [0.3, 0.4) is 0 Å². The molecule has 2 aromatic heterocycles. The summed E-state index contributed by atoms with van der Waals surface area (Å²) in [5.74, 6) is 0.881. The van der Waals surface area contributed by atoms with Crippen molar-refractivity contribution in [2.75, 3.05) is 18.9 Å². The maximum absolute atomic E-state index is 6.04. The number of piperidine rings is 1. The maximum Gasteiger partial charge on any atom is 0.225 e. The Hall–Kier alpha value is -0.910. The van der Waals surface area contributed by atoms with E-state index in [1.165, 1.54) is 4.88 Å². The second-order valence-electron chi connectivity index (χ2n) is 5.61. The lowest BCUT2D eigenvalue weighted by Crippen LogP contribution is -2.42. The molecule has 108 valence electrons. The van der Waals surface area contributed by atoms with E-state index in [1.54, 1.807) is 11.3 Å². The Kier molecular flexibility index (Phi) is 3.84. The molecule has 3 heterocycles. The lowest BCUT2D eigenvalue weighted by Gasteiger charge is -2.35. The molecule has 1 aliphatic rings. The van der Waals surface area contributed by atoms with Gasteiger partial charge in [-0.2, -0.15) is 0 Å². The van der Waals surface area contributed by atoms with Crippen molar-refractivity contribution in [3.63, 3.8) is 0 Å². The van der Waals surface area contributed by atoms with Crippen LogP contribution in [0.4, 0.5) is 5.82 Å². The van der Waals surface area contributed by atoms with Crippen LogP contribution >= 0.6 is 22.9 Å². The molecule has 0 aromatic carbocycles. The number of rotatable bonds is 2. The van der Waals surface area contributed by atoms with E-state index in [0.717, 1.165) is 35.4 Å². The van der Waals surface area contributed by atoms with Crippen LogP contribution < -0.4 is 5.32 Å². The molecule has 1 aliphatic heterocycles. The van der Waals surface area contributed by atoms with E-state index in [4.69, 9.17) is 11.6 Å². The number of likely N-dealkylation sites (tertiary alicyclic amines) is 1. The second-order valence-corrected chi connectivity index (χ2v) is 7.19. The number of halogens is 1. The van der Waals surface area contributed by atoms with Crippen LogP contribution in [0.15, 0.2) is 6.07 Å². The Labute approximate surface area is 128 Å². The Morgan fingerprint density at radius 1 is 1.45 bits per heavy atom. The van der Waals surface area contributed by atoms with E-state index < -0.39 is 0 Å². The number of fused-ring (bicyclic) bond motifs is 1. The second kappa shape index (κ2) is 5.47. The van der Waals surface area contributed by atoms with Crippen molar-refractivity contribution in [3.05, 3.63) is 16.2 Å². The zero-order valence-electron chi connectivity index (χ0n) is 12.0. The average molecular weight is 311 g/mol. The van der Waals surface area contributed by atoms with Crippen LogP contribution in [0.25, 0.3) is 10.2 Å². The highest BCUT2D eigenvalue weighted by molar-refractivity contribution is 7.18. The van der Waals surface area contributed by atoms with Crippen molar-refractivity contribution in [2.45, 2.75) is 38.8 Å². The Morgan fingerprint density at radius 3 is 3.00 bits per heavy atom. The molecular formula is C14H19ClN4S. The molecule has 4 nitrogen and oxygen atoms in total. The lowest BCUT2D eigenvalue weighted by atomic mass is 9.99. The molecule has 2 aromatic rings. The first-order chi connectivity index (χ1) is 9.52. The van der Waals surface area contributed by atoms with E-state index in [9.17, 15) is 0 Å². The fraction of sp³-hybridized carbons (Fsp3) is 0.571. The first kappa shape index (κ1) is 14.0. The van der Waals surface area contributed by atoms with Crippen molar-refractivity contribution in [2.24, 2.45) is 0 Å². The van der Waals surface area contributed by atoms with Crippen molar-refractivity contribution >= 4 is 39.0 Å². The fourth-order valence-corrected chi connectivity index (χ4v) is 3.84. The van der Waals surface area contributed by atoms with Gasteiger partial charge < -0.3 is 10.2 Å². The quantitative estimate of drug-likeness (QED) is 0.861. The predicted octanol–water partition coefficient (Wildman–Crippen LogP) is 3.55. The average Bonchev–Trinajstić information content (AvgIpc) is 2.74. The standard InChI is InChI=1S/C14H19ClN4S/c1-8-6-10(4-5-19(8)3)16-12-11-7-9(2)20-13(11)18-14(15)17-12/h7-8,10H,4-6H2,1-3H3,(H,16,17,18). The van der Waals surface area contributed by atoms with E-state index in [2.05, 4.69) is 47.1 Å². The topological polar surface area (TPSA) is 41.0 Å². The molecule has 0 radical (unpaired) electrons. The minimum absolute atomic E-state index is 0.322. The third kappa shape index (κ3) is 2.75. The molecular weight excluding hydrogens is 292 g/mol. The summed E-state index contributed by atoms with van der Waals surface area (Å²) in [5.41, 5.74) is 0. The van der Waals surface area contributed by atoms with E-state index >= 15 is 0 Å². The molecule has 0 amide bonds. The van der Waals surface area contributed by atoms with Crippen LogP contribution in [0.2, 0.25) is 5.28 Å². The molecule has 0 bridgehead atoms. The largest absolute Gasteiger partial charge is 0.367 e. The maximum atomic E-state index is 6.04. The number of nitrogens with zero attached hydrogens (tertiary/aromatic N) is 3. The number of anilines is 1. The number of thiophene rings is 1. The van der Waals surface area contributed by atoms with Crippen molar-refractivity contribution in [1.82, 2.24) is 14.9 Å². The van der Waals surface area contributed by atoms with Gasteiger partial charge in [-0.1, -0.05) is 0 Å². The molecule has 0 aliphatic carbocycles. The van der Waals surface area contributed by atoms with Crippen molar-refractivity contribution in [3.8, 4) is 0 Å².